The predicted molar refractivity (Wildman–Crippen MR) is 35.4 cm³/mol. The SMILES string of the molecule is O=C(O)[C@H]1CCCN1C(=O)O. The van der Waals surface area contributed by atoms with Crippen molar-refractivity contribution in [3.05, 3.63) is 0 Å². The lowest BCUT2D eigenvalue weighted by Gasteiger charge is -2.16. The molecule has 0 aromatic carbocycles. The van der Waals surface area contributed by atoms with E-state index in [1.54, 1.807) is 0 Å². The third kappa shape index (κ3) is 1.42. The molecule has 5 heteroatoms. The molecule has 0 spiro atoms. The zero-order valence-electron chi connectivity index (χ0n) is 5.86. The van der Waals surface area contributed by atoms with Crippen LogP contribution < -0.4 is 0 Å². The van der Waals surface area contributed by atoms with E-state index in [2.05, 4.69) is 0 Å². The summed E-state index contributed by atoms with van der Waals surface area (Å²) < 4.78 is 0. The van der Waals surface area contributed by atoms with Gasteiger partial charge in [-0.1, -0.05) is 0 Å². The molecule has 1 rings (SSSR count). The molecule has 2 N–H and O–H groups in total. The number of carbonyl (C=O) groups is 2. The summed E-state index contributed by atoms with van der Waals surface area (Å²) in [5, 5.41) is 17.0. The second kappa shape index (κ2) is 2.77. The molecule has 0 saturated carbocycles. The van der Waals surface area contributed by atoms with E-state index in [9.17, 15) is 9.59 Å². The molecule has 0 radical (unpaired) electrons. The maximum Gasteiger partial charge on any atom is 0.408 e. The van der Waals surface area contributed by atoms with E-state index >= 15 is 0 Å². The summed E-state index contributed by atoms with van der Waals surface area (Å²) in [7, 11) is 0. The molecular formula is C6H9NO4. The number of hydrogen-bond acceptors (Lipinski definition) is 2. The molecule has 0 unspecified atom stereocenters. The Hall–Kier alpha value is -1.26. The predicted octanol–water partition coefficient (Wildman–Crippen LogP) is 0.213. The highest BCUT2D eigenvalue weighted by atomic mass is 16.4. The Morgan fingerprint density at radius 2 is 2.00 bits per heavy atom. The van der Waals surface area contributed by atoms with E-state index in [0.29, 0.717) is 19.4 Å². The van der Waals surface area contributed by atoms with Gasteiger partial charge in [0.2, 0.25) is 0 Å². The molecule has 0 aromatic heterocycles. The topological polar surface area (TPSA) is 77.8 Å². The van der Waals surface area contributed by atoms with Gasteiger partial charge < -0.3 is 10.2 Å². The summed E-state index contributed by atoms with van der Waals surface area (Å²) in [5.74, 6) is -1.05. The van der Waals surface area contributed by atoms with E-state index in [-0.39, 0.29) is 0 Å². The number of carboxylic acid groups (broad SMARTS) is 2. The smallest absolute Gasteiger partial charge is 0.408 e. The fourth-order valence-corrected chi connectivity index (χ4v) is 1.25. The van der Waals surface area contributed by atoms with Crippen LogP contribution >= 0.6 is 0 Å². The van der Waals surface area contributed by atoms with Crippen molar-refractivity contribution in [2.75, 3.05) is 6.54 Å². The van der Waals surface area contributed by atoms with Crippen LogP contribution in [0.2, 0.25) is 0 Å². The fourth-order valence-electron chi connectivity index (χ4n) is 1.25. The lowest BCUT2D eigenvalue weighted by atomic mass is 10.2. The van der Waals surface area contributed by atoms with Crippen molar-refractivity contribution in [3.63, 3.8) is 0 Å². The second-order valence-electron chi connectivity index (χ2n) is 2.47. The molecule has 1 heterocycles. The molecule has 11 heavy (non-hydrogen) atoms. The molecule has 1 aliphatic rings. The van der Waals surface area contributed by atoms with E-state index < -0.39 is 18.1 Å². The molecule has 1 saturated heterocycles. The Bertz CT molecular complexity index is 171. The van der Waals surface area contributed by atoms with E-state index in [4.69, 9.17) is 10.2 Å². The highest BCUT2D eigenvalue weighted by Gasteiger charge is 2.33. The van der Waals surface area contributed by atoms with E-state index in [0.717, 1.165) is 4.90 Å². The number of amides is 1. The molecule has 0 aliphatic carbocycles. The Balaban J connectivity index is 2.65. The first-order valence-corrected chi connectivity index (χ1v) is 3.35. The monoisotopic (exact) mass is 159 g/mol. The third-order valence-electron chi connectivity index (χ3n) is 1.78. The Labute approximate surface area is 63.2 Å². The highest BCUT2D eigenvalue weighted by Crippen LogP contribution is 2.16. The maximum atomic E-state index is 10.4. The largest absolute Gasteiger partial charge is 0.480 e. The van der Waals surface area contributed by atoms with Crippen LogP contribution in [0.4, 0.5) is 4.79 Å². The van der Waals surface area contributed by atoms with Crippen LogP contribution in [-0.2, 0) is 4.79 Å². The van der Waals surface area contributed by atoms with Crippen molar-refractivity contribution < 1.29 is 19.8 Å². The Morgan fingerprint density at radius 3 is 2.36 bits per heavy atom. The zero-order valence-corrected chi connectivity index (χ0v) is 5.86. The van der Waals surface area contributed by atoms with Gasteiger partial charge in [0.25, 0.3) is 0 Å². The van der Waals surface area contributed by atoms with E-state index in [1.807, 2.05) is 0 Å². The number of nitrogens with zero attached hydrogens (tertiary/aromatic N) is 1. The van der Waals surface area contributed by atoms with Crippen molar-refractivity contribution >= 4 is 12.1 Å². The minimum absolute atomic E-state index is 0.340. The molecule has 62 valence electrons. The number of likely N-dealkylation sites (tertiary alicyclic amines) is 1. The number of hydrogen-bond donors (Lipinski definition) is 2. The average molecular weight is 159 g/mol. The van der Waals surface area contributed by atoms with Crippen LogP contribution in [0.3, 0.4) is 0 Å². The molecule has 1 amide bonds. The van der Waals surface area contributed by atoms with Gasteiger partial charge in [0.15, 0.2) is 0 Å². The van der Waals surface area contributed by atoms with Gasteiger partial charge in [-0.3, -0.25) is 4.90 Å². The lowest BCUT2D eigenvalue weighted by Crippen LogP contribution is -2.39. The maximum absolute atomic E-state index is 10.4. The summed E-state index contributed by atoms with van der Waals surface area (Å²) in [4.78, 5) is 21.8. The zero-order chi connectivity index (χ0) is 8.43. The van der Waals surface area contributed by atoms with Crippen molar-refractivity contribution in [2.24, 2.45) is 0 Å². The number of carboxylic acids is 1. The second-order valence-corrected chi connectivity index (χ2v) is 2.47. The number of rotatable bonds is 1. The molecule has 5 nitrogen and oxygen atoms in total. The molecule has 1 aliphatic heterocycles. The first-order chi connectivity index (χ1) is 5.13. The van der Waals surface area contributed by atoms with Crippen LogP contribution in [0.25, 0.3) is 0 Å². The summed E-state index contributed by atoms with van der Waals surface area (Å²) in [6.07, 6.45) is -0.0693. The van der Waals surface area contributed by atoms with Crippen LogP contribution in [0, 0.1) is 0 Å². The molecule has 1 fully saturated rings. The summed E-state index contributed by atoms with van der Waals surface area (Å²) in [5.41, 5.74) is 0. The minimum atomic E-state index is -1.14. The van der Waals surface area contributed by atoms with Crippen LogP contribution in [0.1, 0.15) is 12.8 Å². The molecule has 0 aromatic rings. The Morgan fingerprint density at radius 1 is 1.36 bits per heavy atom. The van der Waals surface area contributed by atoms with Crippen molar-refractivity contribution in [1.82, 2.24) is 4.90 Å². The van der Waals surface area contributed by atoms with Crippen LogP contribution in [0.15, 0.2) is 0 Å². The molecule has 1 atom stereocenters. The summed E-state index contributed by atoms with van der Waals surface area (Å²) >= 11 is 0. The van der Waals surface area contributed by atoms with Crippen LogP contribution in [0.5, 0.6) is 0 Å². The number of aliphatic carboxylic acids is 1. The lowest BCUT2D eigenvalue weighted by molar-refractivity contribution is -0.141. The van der Waals surface area contributed by atoms with Crippen LogP contribution in [-0.4, -0.2) is 39.8 Å². The standard InChI is InChI=1S/C6H9NO4/c8-5(9)4-2-1-3-7(4)6(10)11/h4H,1-3H2,(H,8,9)(H,10,11)/t4-/m1/s1. The molecule has 0 bridgehead atoms. The summed E-state index contributed by atoms with van der Waals surface area (Å²) in [6.45, 7) is 0.340. The molecular weight excluding hydrogens is 150 g/mol. The third-order valence-corrected chi connectivity index (χ3v) is 1.78. The van der Waals surface area contributed by atoms with Gasteiger partial charge in [0.05, 0.1) is 0 Å². The van der Waals surface area contributed by atoms with Gasteiger partial charge in [0.1, 0.15) is 6.04 Å². The first-order valence-electron chi connectivity index (χ1n) is 3.35. The Kier molecular flexibility index (Phi) is 1.98. The van der Waals surface area contributed by atoms with Gasteiger partial charge in [-0.15, -0.1) is 0 Å². The highest BCUT2D eigenvalue weighted by molar-refractivity contribution is 5.79. The van der Waals surface area contributed by atoms with Gasteiger partial charge in [-0.25, -0.2) is 9.59 Å². The quantitative estimate of drug-likeness (QED) is 0.573. The van der Waals surface area contributed by atoms with Gasteiger partial charge in [-0.05, 0) is 12.8 Å². The average Bonchev–Trinajstić information content (AvgIpc) is 2.32. The first kappa shape index (κ1) is 7.84. The van der Waals surface area contributed by atoms with Gasteiger partial charge in [0, 0.05) is 6.54 Å². The van der Waals surface area contributed by atoms with Crippen molar-refractivity contribution in [1.29, 1.82) is 0 Å². The van der Waals surface area contributed by atoms with E-state index in [1.165, 1.54) is 0 Å². The van der Waals surface area contributed by atoms with Crippen molar-refractivity contribution in [3.8, 4) is 0 Å². The van der Waals surface area contributed by atoms with Gasteiger partial charge in [-0.2, -0.15) is 0 Å². The summed E-state index contributed by atoms with van der Waals surface area (Å²) in [6, 6.07) is -0.826. The van der Waals surface area contributed by atoms with Crippen molar-refractivity contribution in [2.45, 2.75) is 18.9 Å². The fraction of sp³-hybridized carbons (Fsp3) is 0.667. The normalized spacial score (nSPS) is 23.6. The minimum Gasteiger partial charge on any atom is -0.480 e. The van der Waals surface area contributed by atoms with Gasteiger partial charge >= 0.3 is 12.1 Å².